The molecule has 2 heterocycles. The Kier molecular flexibility index (Phi) is 6.51. The van der Waals surface area contributed by atoms with Crippen LogP contribution in [0, 0.1) is 31.0 Å². The topological polar surface area (TPSA) is 95.6 Å². The Hall–Kier alpha value is -2.90. The monoisotopic (exact) mass is 430 g/mol. The molecule has 0 spiro atoms. The number of halogens is 1. The summed E-state index contributed by atoms with van der Waals surface area (Å²) in [5.74, 6) is -0.122. The lowest BCUT2D eigenvalue weighted by atomic mass is 10.2. The highest BCUT2D eigenvalue weighted by Gasteiger charge is 2.21. The maximum Gasteiger partial charge on any atom is 0.235 e. The van der Waals surface area contributed by atoms with Gasteiger partial charge in [0, 0.05) is 17.9 Å². The van der Waals surface area contributed by atoms with Gasteiger partial charge in [-0.1, -0.05) is 23.1 Å². The molecule has 0 saturated heterocycles. The summed E-state index contributed by atoms with van der Waals surface area (Å²) in [5, 5.41) is 24.2. The fourth-order valence-electron chi connectivity index (χ4n) is 2.76. The van der Waals surface area contributed by atoms with Gasteiger partial charge in [0.1, 0.15) is 17.7 Å². The Balaban J connectivity index is 1.82. The number of hydrogen-bond acceptors (Lipinski definition) is 7. The van der Waals surface area contributed by atoms with Crippen LogP contribution in [-0.2, 0) is 4.79 Å². The normalized spacial score (nSPS) is 10.6. The molecule has 7 nitrogen and oxygen atoms in total. The Labute approximate surface area is 176 Å². The number of nitrogens with one attached hydrogen (secondary N) is 2. The predicted octanol–water partition coefficient (Wildman–Crippen LogP) is 4.12. The van der Waals surface area contributed by atoms with Gasteiger partial charge < -0.3 is 10.6 Å². The van der Waals surface area contributed by atoms with Gasteiger partial charge in [-0.3, -0.25) is 9.36 Å². The van der Waals surface area contributed by atoms with E-state index in [0.29, 0.717) is 26.5 Å². The van der Waals surface area contributed by atoms with Crippen LogP contribution in [0.5, 0.6) is 0 Å². The predicted molar refractivity (Wildman–Crippen MR) is 113 cm³/mol. The number of nitriles is 1. The molecule has 0 radical (unpaired) electrons. The van der Waals surface area contributed by atoms with E-state index in [0.717, 1.165) is 17.8 Å². The largest absolute Gasteiger partial charge is 0.360 e. The third kappa shape index (κ3) is 4.58. The summed E-state index contributed by atoms with van der Waals surface area (Å²) < 4.78 is 15.8. The zero-order valence-corrected chi connectivity index (χ0v) is 17.7. The molecule has 2 aromatic heterocycles. The number of aromatic nitrogens is 3. The Morgan fingerprint density at radius 2 is 2.03 bits per heavy atom. The zero-order chi connectivity index (χ0) is 21.0. The van der Waals surface area contributed by atoms with E-state index in [-0.39, 0.29) is 17.5 Å². The minimum Gasteiger partial charge on any atom is -0.360 e. The van der Waals surface area contributed by atoms with E-state index in [4.69, 9.17) is 0 Å². The van der Waals surface area contributed by atoms with Gasteiger partial charge in [0.2, 0.25) is 11.0 Å². The van der Waals surface area contributed by atoms with Gasteiger partial charge in [-0.05, 0) is 50.6 Å². The lowest BCUT2D eigenvalue weighted by molar-refractivity contribution is -0.113. The van der Waals surface area contributed by atoms with Gasteiger partial charge in [-0.2, -0.15) is 5.26 Å². The number of hydrogen-bond donors (Lipinski definition) is 2. The molecule has 0 saturated carbocycles. The molecule has 0 bridgehead atoms. The summed E-state index contributed by atoms with van der Waals surface area (Å²) in [5.41, 5.74) is 2.61. The van der Waals surface area contributed by atoms with E-state index in [1.165, 1.54) is 35.2 Å². The van der Waals surface area contributed by atoms with E-state index >= 15 is 0 Å². The van der Waals surface area contributed by atoms with Crippen LogP contribution in [-0.4, -0.2) is 33.0 Å². The molecule has 29 heavy (non-hydrogen) atoms. The smallest absolute Gasteiger partial charge is 0.235 e. The molecule has 0 fully saturated rings. The number of carbonyl (C=O) groups excluding carboxylic acids is 1. The van der Waals surface area contributed by atoms with Crippen molar-refractivity contribution in [2.75, 3.05) is 22.9 Å². The first-order valence-electron chi connectivity index (χ1n) is 8.82. The molecular weight excluding hydrogens is 411 g/mol. The first kappa shape index (κ1) is 20.8. The molecule has 0 aliphatic carbocycles. The van der Waals surface area contributed by atoms with E-state index in [1.807, 2.05) is 20.8 Å². The second kappa shape index (κ2) is 9.07. The minimum absolute atomic E-state index is 0.123. The van der Waals surface area contributed by atoms with Crippen LogP contribution in [0.25, 0.3) is 5.69 Å². The second-order valence-electron chi connectivity index (χ2n) is 6.10. The van der Waals surface area contributed by atoms with Crippen LogP contribution in [0.15, 0.2) is 28.6 Å². The molecule has 0 unspecified atom stereocenters. The molecule has 10 heteroatoms. The van der Waals surface area contributed by atoms with Crippen LogP contribution in [0.3, 0.4) is 0 Å². The summed E-state index contributed by atoms with van der Waals surface area (Å²) in [6.07, 6.45) is 0. The third-order valence-corrected chi connectivity index (χ3v) is 6.24. The molecule has 1 aromatic carbocycles. The van der Waals surface area contributed by atoms with Crippen molar-refractivity contribution in [3.05, 3.63) is 46.9 Å². The maximum absolute atomic E-state index is 13.3. The van der Waals surface area contributed by atoms with Crippen molar-refractivity contribution >= 4 is 40.0 Å². The quantitative estimate of drug-likeness (QED) is 0.548. The first-order valence-corrected chi connectivity index (χ1v) is 10.6. The molecule has 0 aliphatic heterocycles. The van der Waals surface area contributed by atoms with Crippen molar-refractivity contribution in [3.8, 4) is 11.8 Å². The molecule has 1 amide bonds. The first-order chi connectivity index (χ1) is 13.9. The van der Waals surface area contributed by atoms with Gasteiger partial charge in [0.25, 0.3) is 0 Å². The van der Waals surface area contributed by atoms with Crippen molar-refractivity contribution in [3.63, 3.8) is 0 Å². The number of rotatable bonds is 7. The lowest BCUT2D eigenvalue weighted by Gasteiger charge is -2.13. The zero-order valence-electron chi connectivity index (χ0n) is 16.1. The molecule has 2 N–H and O–H groups in total. The van der Waals surface area contributed by atoms with Crippen molar-refractivity contribution in [2.45, 2.75) is 25.1 Å². The van der Waals surface area contributed by atoms with Crippen LogP contribution < -0.4 is 10.6 Å². The maximum atomic E-state index is 13.3. The molecule has 150 valence electrons. The van der Waals surface area contributed by atoms with Gasteiger partial charge in [-0.25, -0.2) is 4.39 Å². The SMILES string of the molecule is CCNc1nnc(SCC(=O)Nc2c(C#N)c(C)c(C)n2-c2ccc(F)cc2)s1. The summed E-state index contributed by atoms with van der Waals surface area (Å²) in [4.78, 5) is 12.6. The van der Waals surface area contributed by atoms with E-state index in [9.17, 15) is 14.4 Å². The van der Waals surface area contributed by atoms with E-state index in [2.05, 4.69) is 26.9 Å². The van der Waals surface area contributed by atoms with Crippen LogP contribution in [0.1, 0.15) is 23.7 Å². The summed E-state index contributed by atoms with van der Waals surface area (Å²) in [6.45, 7) is 6.39. The van der Waals surface area contributed by atoms with Gasteiger partial charge in [0.15, 0.2) is 4.34 Å². The van der Waals surface area contributed by atoms with Crippen molar-refractivity contribution in [1.82, 2.24) is 14.8 Å². The highest BCUT2D eigenvalue weighted by Crippen LogP contribution is 2.31. The van der Waals surface area contributed by atoms with Crippen LogP contribution in [0.4, 0.5) is 15.3 Å². The number of benzene rings is 1. The fraction of sp³-hybridized carbons (Fsp3) is 0.263. The molecular formula is C19H19FN6OS2. The van der Waals surface area contributed by atoms with E-state index in [1.54, 1.807) is 16.7 Å². The van der Waals surface area contributed by atoms with Crippen molar-refractivity contribution in [2.24, 2.45) is 0 Å². The summed E-state index contributed by atoms with van der Waals surface area (Å²) in [7, 11) is 0. The average molecular weight is 431 g/mol. The van der Waals surface area contributed by atoms with Gasteiger partial charge >= 0.3 is 0 Å². The third-order valence-electron chi connectivity index (χ3n) is 4.23. The van der Waals surface area contributed by atoms with Crippen molar-refractivity contribution in [1.29, 1.82) is 5.26 Å². The molecule has 0 aliphatic rings. The number of amides is 1. The molecule has 3 rings (SSSR count). The number of anilines is 2. The number of carbonyl (C=O) groups is 1. The Bertz CT molecular complexity index is 1070. The molecule has 0 atom stereocenters. The standard InChI is InChI=1S/C19H19FN6OS2/c1-4-22-18-24-25-19(29-18)28-10-16(27)23-17-15(9-21)11(2)12(3)26(17)14-7-5-13(20)6-8-14/h5-8H,4,10H2,1-3H3,(H,22,24)(H,23,27). The van der Waals surface area contributed by atoms with Gasteiger partial charge in [0.05, 0.1) is 11.3 Å². The van der Waals surface area contributed by atoms with Crippen LogP contribution in [0.2, 0.25) is 0 Å². The lowest BCUT2D eigenvalue weighted by Crippen LogP contribution is -2.17. The Morgan fingerprint density at radius 1 is 1.31 bits per heavy atom. The second-order valence-corrected chi connectivity index (χ2v) is 8.30. The highest BCUT2D eigenvalue weighted by atomic mass is 32.2. The van der Waals surface area contributed by atoms with Gasteiger partial charge in [-0.15, -0.1) is 10.2 Å². The van der Waals surface area contributed by atoms with E-state index < -0.39 is 0 Å². The average Bonchev–Trinajstić information content (AvgIpc) is 3.24. The highest BCUT2D eigenvalue weighted by molar-refractivity contribution is 8.01. The fourth-order valence-corrected chi connectivity index (χ4v) is 4.38. The summed E-state index contributed by atoms with van der Waals surface area (Å²) in [6, 6.07) is 8.06. The number of nitrogens with zero attached hydrogens (tertiary/aromatic N) is 4. The summed E-state index contributed by atoms with van der Waals surface area (Å²) >= 11 is 2.65. The number of thioether (sulfide) groups is 1. The van der Waals surface area contributed by atoms with Crippen LogP contribution >= 0.6 is 23.1 Å². The Morgan fingerprint density at radius 3 is 2.69 bits per heavy atom. The van der Waals surface area contributed by atoms with Crippen molar-refractivity contribution < 1.29 is 9.18 Å². The molecule has 3 aromatic rings. The minimum atomic E-state index is -0.355.